The number of aromatic amines is 1. The smallest absolute Gasteiger partial charge is 0.270 e. The number of nitrogens with zero attached hydrogens (tertiary/aromatic N) is 3. The van der Waals surface area contributed by atoms with Gasteiger partial charge in [0.05, 0.1) is 10.7 Å². The van der Waals surface area contributed by atoms with Crippen molar-refractivity contribution in [3.63, 3.8) is 0 Å². The van der Waals surface area contributed by atoms with Crippen LogP contribution in [0, 0.1) is 6.92 Å². The van der Waals surface area contributed by atoms with E-state index in [1.165, 1.54) is 0 Å². The molecule has 1 fully saturated rings. The van der Waals surface area contributed by atoms with Crippen LogP contribution in [0.2, 0.25) is 5.02 Å². The van der Waals surface area contributed by atoms with Crippen LogP contribution in [0.5, 0.6) is 0 Å². The van der Waals surface area contributed by atoms with Crippen LogP contribution < -0.4 is 0 Å². The molecule has 1 amide bonds. The molecule has 1 aliphatic heterocycles. The minimum atomic E-state index is -0.00108. The number of piperazine rings is 1. The molecule has 3 rings (SSSR count). The Morgan fingerprint density at radius 3 is 2.71 bits per heavy atom. The molecule has 0 saturated carbocycles. The fourth-order valence-electron chi connectivity index (χ4n) is 2.49. The molecule has 0 atom stereocenters. The van der Waals surface area contributed by atoms with Gasteiger partial charge in [0.25, 0.3) is 5.91 Å². The van der Waals surface area contributed by atoms with Crippen LogP contribution in [-0.4, -0.2) is 52.0 Å². The molecule has 1 aliphatic rings. The minimum Gasteiger partial charge on any atom is -0.361 e. The van der Waals surface area contributed by atoms with Crippen molar-refractivity contribution in [2.75, 3.05) is 26.2 Å². The minimum absolute atomic E-state index is 0.00108. The molecule has 1 N–H and O–H groups in total. The van der Waals surface area contributed by atoms with Gasteiger partial charge in [-0.05, 0) is 13.0 Å². The largest absolute Gasteiger partial charge is 0.361 e. The summed E-state index contributed by atoms with van der Waals surface area (Å²) in [6, 6.07) is 3.60. The van der Waals surface area contributed by atoms with Crippen LogP contribution in [0.25, 0.3) is 0 Å². The van der Waals surface area contributed by atoms with Gasteiger partial charge in [-0.2, -0.15) is 0 Å². The summed E-state index contributed by atoms with van der Waals surface area (Å²) < 4.78 is 5.07. The third kappa shape index (κ3) is 3.28. The molecule has 0 radical (unpaired) electrons. The van der Waals surface area contributed by atoms with E-state index in [4.69, 9.17) is 16.1 Å². The first-order valence-electron chi connectivity index (χ1n) is 6.89. The van der Waals surface area contributed by atoms with E-state index in [2.05, 4.69) is 15.0 Å². The lowest BCUT2D eigenvalue weighted by atomic mass is 10.2. The molecule has 0 aromatic carbocycles. The number of hydrogen-bond donors (Lipinski definition) is 1. The van der Waals surface area contributed by atoms with Gasteiger partial charge >= 0.3 is 0 Å². The van der Waals surface area contributed by atoms with Crippen LogP contribution in [-0.2, 0) is 6.54 Å². The predicted molar refractivity (Wildman–Crippen MR) is 78.2 cm³/mol. The summed E-state index contributed by atoms with van der Waals surface area (Å²) >= 11 is 5.83. The van der Waals surface area contributed by atoms with Crippen molar-refractivity contribution in [1.82, 2.24) is 19.9 Å². The Hall–Kier alpha value is -1.79. The third-order valence-corrected chi connectivity index (χ3v) is 3.82. The number of H-pyrrole nitrogens is 1. The number of nitrogens with one attached hydrogen (secondary N) is 1. The number of rotatable bonds is 3. The number of aromatic nitrogens is 2. The fraction of sp³-hybridized carbons (Fsp3) is 0.429. The highest BCUT2D eigenvalue weighted by molar-refractivity contribution is 6.30. The normalized spacial score (nSPS) is 16.4. The van der Waals surface area contributed by atoms with Crippen LogP contribution >= 0.6 is 11.6 Å². The summed E-state index contributed by atoms with van der Waals surface area (Å²) in [4.78, 5) is 19.3. The van der Waals surface area contributed by atoms with Gasteiger partial charge in [-0.3, -0.25) is 9.69 Å². The third-order valence-electron chi connectivity index (χ3n) is 3.60. The summed E-state index contributed by atoms with van der Waals surface area (Å²) in [5.74, 6) is 0.821. The molecule has 0 aliphatic carbocycles. The summed E-state index contributed by atoms with van der Waals surface area (Å²) in [5.41, 5.74) is 1.48. The quantitative estimate of drug-likeness (QED) is 0.941. The van der Waals surface area contributed by atoms with Crippen molar-refractivity contribution >= 4 is 17.5 Å². The molecule has 7 heteroatoms. The van der Waals surface area contributed by atoms with Crippen molar-refractivity contribution < 1.29 is 9.32 Å². The molecule has 6 nitrogen and oxygen atoms in total. The summed E-state index contributed by atoms with van der Waals surface area (Å²) in [7, 11) is 0. The van der Waals surface area contributed by atoms with Crippen molar-refractivity contribution in [2.45, 2.75) is 13.5 Å². The maximum absolute atomic E-state index is 12.3. The molecule has 3 heterocycles. The first kappa shape index (κ1) is 14.2. The van der Waals surface area contributed by atoms with Gasteiger partial charge in [0, 0.05) is 45.0 Å². The molecule has 2 aromatic rings. The average molecular weight is 309 g/mol. The second-order valence-corrected chi connectivity index (χ2v) is 5.67. The maximum atomic E-state index is 12.3. The summed E-state index contributed by atoms with van der Waals surface area (Å²) in [6.45, 7) is 5.69. The molecule has 112 valence electrons. The van der Waals surface area contributed by atoms with Crippen LogP contribution in [0.3, 0.4) is 0 Å². The van der Waals surface area contributed by atoms with Crippen LogP contribution in [0.1, 0.15) is 21.9 Å². The van der Waals surface area contributed by atoms with Gasteiger partial charge in [-0.25, -0.2) is 0 Å². The van der Waals surface area contributed by atoms with E-state index < -0.39 is 0 Å². The van der Waals surface area contributed by atoms with Crippen LogP contribution in [0.4, 0.5) is 0 Å². The van der Waals surface area contributed by atoms with Gasteiger partial charge in [0.1, 0.15) is 11.5 Å². The Morgan fingerprint density at radius 2 is 2.14 bits per heavy atom. The number of carbonyl (C=O) groups excluding carboxylic acids is 1. The number of hydrogen-bond acceptors (Lipinski definition) is 4. The zero-order valence-electron chi connectivity index (χ0n) is 11.8. The standard InChI is InChI=1S/C14H17ClN4O2/c1-10-6-12(17-21-10)9-18-2-4-19(5-3-18)14(20)13-7-11(15)8-16-13/h6-8,16H,2-5,9H2,1H3. The van der Waals surface area contributed by atoms with E-state index in [1.807, 2.05) is 17.9 Å². The van der Waals surface area contributed by atoms with E-state index in [0.717, 1.165) is 31.1 Å². The van der Waals surface area contributed by atoms with Gasteiger partial charge < -0.3 is 14.4 Å². The molecule has 0 spiro atoms. The van der Waals surface area contributed by atoms with E-state index in [1.54, 1.807) is 12.3 Å². The lowest BCUT2D eigenvalue weighted by Crippen LogP contribution is -2.48. The Balaban J connectivity index is 1.54. The maximum Gasteiger partial charge on any atom is 0.270 e. The number of amides is 1. The molecular formula is C14H17ClN4O2. The average Bonchev–Trinajstić information content (AvgIpc) is 3.08. The monoisotopic (exact) mass is 308 g/mol. The lowest BCUT2D eigenvalue weighted by Gasteiger charge is -2.34. The Labute approximate surface area is 127 Å². The lowest BCUT2D eigenvalue weighted by molar-refractivity contribution is 0.0620. The SMILES string of the molecule is Cc1cc(CN2CCN(C(=O)c3cc(Cl)c[nH]3)CC2)no1. The second-order valence-electron chi connectivity index (χ2n) is 5.23. The van der Waals surface area contributed by atoms with Crippen molar-refractivity contribution in [1.29, 1.82) is 0 Å². The number of carbonyl (C=O) groups is 1. The van der Waals surface area contributed by atoms with Crippen LogP contribution in [0.15, 0.2) is 22.9 Å². The highest BCUT2D eigenvalue weighted by atomic mass is 35.5. The zero-order valence-corrected chi connectivity index (χ0v) is 12.6. The predicted octanol–water partition coefficient (Wildman–Crippen LogP) is 1.92. The van der Waals surface area contributed by atoms with Crippen molar-refractivity contribution in [2.24, 2.45) is 0 Å². The van der Waals surface area contributed by atoms with Gasteiger partial charge in [-0.15, -0.1) is 0 Å². The Morgan fingerprint density at radius 1 is 1.38 bits per heavy atom. The Bertz CT molecular complexity index is 628. The highest BCUT2D eigenvalue weighted by Gasteiger charge is 2.23. The van der Waals surface area contributed by atoms with E-state index in [-0.39, 0.29) is 5.91 Å². The van der Waals surface area contributed by atoms with Gasteiger partial charge in [-0.1, -0.05) is 16.8 Å². The molecular weight excluding hydrogens is 292 g/mol. The zero-order chi connectivity index (χ0) is 14.8. The summed E-state index contributed by atoms with van der Waals surface area (Å²) in [5, 5.41) is 4.55. The van der Waals surface area contributed by atoms with E-state index in [9.17, 15) is 4.79 Å². The number of halogens is 1. The topological polar surface area (TPSA) is 65.4 Å². The van der Waals surface area contributed by atoms with Gasteiger partial charge in [0.15, 0.2) is 0 Å². The Kier molecular flexibility index (Phi) is 3.98. The molecule has 0 bridgehead atoms. The fourth-order valence-corrected chi connectivity index (χ4v) is 2.66. The second kappa shape index (κ2) is 5.91. The number of aryl methyl sites for hydroxylation is 1. The van der Waals surface area contributed by atoms with Crippen molar-refractivity contribution in [3.05, 3.63) is 40.5 Å². The van der Waals surface area contributed by atoms with E-state index >= 15 is 0 Å². The first-order chi connectivity index (χ1) is 10.1. The van der Waals surface area contributed by atoms with Gasteiger partial charge in [0.2, 0.25) is 0 Å². The molecule has 2 aromatic heterocycles. The molecule has 21 heavy (non-hydrogen) atoms. The molecule has 1 saturated heterocycles. The molecule has 0 unspecified atom stereocenters. The van der Waals surface area contributed by atoms with E-state index in [0.29, 0.717) is 23.8 Å². The highest BCUT2D eigenvalue weighted by Crippen LogP contribution is 2.14. The van der Waals surface area contributed by atoms with Crippen molar-refractivity contribution in [3.8, 4) is 0 Å². The summed E-state index contributed by atoms with van der Waals surface area (Å²) in [6.07, 6.45) is 1.62. The first-order valence-corrected chi connectivity index (χ1v) is 7.27.